The fourth-order valence-corrected chi connectivity index (χ4v) is 4.20. The van der Waals surface area contributed by atoms with Gasteiger partial charge in [0.05, 0.1) is 11.8 Å². The molecule has 2 aliphatic carbocycles. The van der Waals surface area contributed by atoms with Gasteiger partial charge in [0.15, 0.2) is 5.16 Å². The molecule has 0 bridgehead atoms. The molecule has 0 aliphatic heterocycles. The number of thiophene rings is 1. The Bertz CT molecular complexity index is 689. The fourth-order valence-electron chi connectivity index (χ4n) is 2.61. The van der Waals surface area contributed by atoms with Crippen LogP contribution in [0.1, 0.15) is 55.3 Å². The quantitative estimate of drug-likeness (QED) is 0.780. The molecule has 0 radical (unpaired) electrons. The van der Waals surface area contributed by atoms with Crippen molar-refractivity contribution in [2.45, 2.75) is 61.5 Å². The predicted molar refractivity (Wildman–Crippen MR) is 91.8 cm³/mol. The second kappa shape index (κ2) is 6.28. The molecule has 0 aromatic carbocycles. The normalized spacial score (nSPS) is 18.8. The van der Waals surface area contributed by atoms with Crippen molar-refractivity contribution < 1.29 is 4.79 Å². The van der Waals surface area contributed by atoms with Gasteiger partial charge in [-0.15, -0.1) is 21.5 Å². The number of carbonyl (C=O) groups excluding carboxylic acids is 1. The molecule has 1 amide bonds. The maximum Gasteiger partial charge on any atom is 0.233 e. The van der Waals surface area contributed by atoms with Crippen molar-refractivity contribution in [3.63, 3.8) is 0 Å². The summed E-state index contributed by atoms with van der Waals surface area (Å²) in [6, 6.07) is 4.60. The van der Waals surface area contributed by atoms with E-state index >= 15 is 0 Å². The number of aromatic nitrogens is 3. The summed E-state index contributed by atoms with van der Waals surface area (Å²) in [5.74, 6) is 1.79. The maximum absolute atomic E-state index is 12.3. The monoisotopic (exact) mass is 348 g/mol. The molecule has 2 aromatic rings. The van der Waals surface area contributed by atoms with E-state index in [0.29, 0.717) is 18.5 Å². The molecule has 0 spiro atoms. The minimum atomic E-state index is -0.163. The maximum atomic E-state index is 12.3. The average molecular weight is 348 g/mol. The van der Waals surface area contributed by atoms with Gasteiger partial charge in [0.25, 0.3) is 0 Å². The summed E-state index contributed by atoms with van der Waals surface area (Å²) in [5.41, 5.74) is 0. The summed E-state index contributed by atoms with van der Waals surface area (Å²) < 4.78 is 2.30. The topological polar surface area (TPSA) is 59.8 Å². The summed E-state index contributed by atoms with van der Waals surface area (Å²) >= 11 is 3.19. The van der Waals surface area contributed by atoms with Crippen LogP contribution >= 0.6 is 23.1 Å². The minimum absolute atomic E-state index is 0.0571. The highest BCUT2D eigenvalue weighted by Gasteiger charge is 2.37. The molecule has 2 aliphatic rings. The van der Waals surface area contributed by atoms with E-state index < -0.39 is 0 Å². The van der Waals surface area contributed by atoms with Crippen molar-refractivity contribution in [2.75, 3.05) is 0 Å². The van der Waals surface area contributed by atoms with Gasteiger partial charge in [0.2, 0.25) is 5.91 Å². The predicted octanol–water partition coefficient (Wildman–Crippen LogP) is 3.35. The van der Waals surface area contributed by atoms with Crippen LogP contribution < -0.4 is 5.32 Å². The van der Waals surface area contributed by atoms with Gasteiger partial charge in [0.1, 0.15) is 5.82 Å². The Morgan fingerprint density at radius 1 is 1.43 bits per heavy atom. The first-order valence-electron chi connectivity index (χ1n) is 8.14. The second-order valence-electron chi connectivity index (χ2n) is 6.27. The molecule has 1 N–H and O–H groups in total. The summed E-state index contributed by atoms with van der Waals surface area (Å²) in [5, 5.41) is 14.5. The Morgan fingerprint density at radius 2 is 2.26 bits per heavy atom. The molecule has 0 saturated heterocycles. The van der Waals surface area contributed by atoms with Crippen LogP contribution in [-0.2, 0) is 11.3 Å². The van der Waals surface area contributed by atoms with E-state index in [-0.39, 0.29) is 11.2 Å². The standard InChI is InChI=1S/C16H20N4OS2/c1-10(15(21)17-9-13-3-2-8-22-13)23-16-19-18-14(11-4-5-11)20(16)12-6-7-12/h2-3,8,10-12H,4-7,9H2,1H3,(H,17,21)/t10-/m0/s1. The van der Waals surface area contributed by atoms with E-state index in [2.05, 4.69) is 20.1 Å². The van der Waals surface area contributed by atoms with Crippen LogP contribution in [-0.4, -0.2) is 25.9 Å². The number of amides is 1. The molecular formula is C16H20N4OS2. The molecule has 1 atom stereocenters. The first-order valence-corrected chi connectivity index (χ1v) is 9.90. The van der Waals surface area contributed by atoms with Crippen molar-refractivity contribution in [1.82, 2.24) is 20.1 Å². The summed E-state index contributed by atoms with van der Waals surface area (Å²) in [6.07, 6.45) is 4.88. The van der Waals surface area contributed by atoms with E-state index in [1.807, 2.05) is 24.4 Å². The molecule has 2 fully saturated rings. The summed E-state index contributed by atoms with van der Waals surface area (Å²) in [6.45, 7) is 2.54. The number of thioether (sulfide) groups is 1. The van der Waals surface area contributed by atoms with Gasteiger partial charge >= 0.3 is 0 Å². The zero-order valence-corrected chi connectivity index (χ0v) is 14.7. The Balaban J connectivity index is 1.40. The highest BCUT2D eigenvalue weighted by Crippen LogP contribution is 2.46. The van der Waals surface area contributed by atoms with Gasteiger partial charge in [-0.1, -0.05) is 17.8 Å². The molecular weight excluding hydrogens is 328 g/mol. The third kappa shape index (κ3) is 3.45. The highest BCUT2D eigenvalue weighted by molar-refractivity contribution is 8.00. The number of nitrogens with one attached hydrogen (secondary N) is 1. The average Bonchev–Trinajstić information content (AvgIpc) is 3.48. The number of hydrogen-bond donors (Lipinski definition) is 1. The first kappa shape index (κ1) is 15.2. The molecule has 5 nitrogen and oxygen atoms in total. The molecule has 4 rings (SSSR count). The molecule has 2 saturated carbocycles. The largest absolute Gasteiger partial charge is 0.350 e. The van der Waals surface area contributed by atoms with Crippen molar-refractivity contribution in [1.29, 1.82) is 0 Å². The van der Waals surface area contributed by atoms with Gasteiger partial charge in [-0.2, -0.15) is 0 Å². The Morgan fingerprint density at radius 3 is 2.91 bits per heavy atom. The van der Waals surface area contributed by atoms with Gasteiger partial charge in [-0.25, -0.2) is 0 Å². The van der Waals surface area contributed by atoms with Gasteiger partial charge in [-0.05, 0) is 44.1 Å². The summed E-state index contributed by atoms with van der Waals surface area (Å²) in [4.78, 5) is 13.5. The van der Waals surface area contributed by atoms with Crippen LogP contribution in [0.3, 0.4) is 0 Å². The molecule has 2 heterocycles. The lowest BCUT2D eigenvalue weighted by Crippen LogP contribution is -2.30. The first-order chi connectivity index (χ1) is 11.2. The summed E-state index contributed by atoms with van der Waals surface area (Å²) in [7, 11) is 0. The van der Waals surface area contributed by atoms with Crippen molar-refractivity contribution >= 4 is 29.0 Å². The Hall–Kier alpha value is -1.34. The smallest absolute Gasteiger partial charge is 0.233 e. The number of rotatable bonds is 7. The van der Waals surface area contributed by atoms with Gasteiger partial charge in [0, 0.05) is 16.8 Å². The van der Waals surface area contributed by atoms with Crippen molar-refractivity contribution in [3.8, 4) is 0 Å². The molecule has 7 heteroatoms. The van der Waals surface area contributed by atoms with Crippen LogP contribution in [0.4, 0.5) is 0 Å². The second-order valence-corrected chi connectivity index (χ2v) is 8.61. The third-order valence-electron chi connectivity index (χ3n) is 4.21. The lowest BCUT2D eigenvalue weighted by molar-refractivity contribution is -0.120. The third-order valence-corrected chi connectivity index (χ3v) is 6.15. The molecule has 0 unspecified atom stereocenters. The van der Waals surface area contributed by atoms with Crippen LogP contribution in [0.5, 0.6) is 0 Å². The Labute approximate surface area is 143 Å². The number of nitrogens with zero attached hydrogens (tertiary/aromatic N) is 3. The van der Waals surface area contributed by atoms with Crippen LogP contribution in [0.25, 0.3) is 0 Å². The highest BCUT2D eigenvalue weighted by atomic mass is 32.2. The van der Waals surface area contributed by atoms with Crippen LogP contribution in [0, 0.1) is 0 Å². The lowest BCUT2D eigenvalue weighted by Gasteiger charge is -2.13. The van der Waals surface area contributed by atoms with Crippen molar-refractivity contribution in [3.05, 3.63) is 28.2 Å². The van der Waals surface area contributed by atoms with Gasteiger partial charge in [-0.3, -0.25) is 4.79 Å². The van der Waals surface area contributed by atoms with E-state index in [1.165, 1.54) is 42.3 Å². The zero-order valence-electron chi connectivity index (χ0n) is 13.1. The number of carbonyl (C=O) groups is 1. The minimum Gasteiger partial charge on any atom is -0.350 e. The van der Waals surface area contributed by atoms with E-state index in [9.17, 15) is 4.79 Å². The van der Waals surface area contributed by atoms with Crippen molar-refractivity contribution in [2.24, 2.45) is 0 Å². The molecule has 2 aromatic heterocycles. The van der Waals surface area contributed by atoms with Gasteiger partial charge < -0.3 is 9.88 Å². The molecule has 23 heavy (non-hydrogen) atoms. The zero-order chi connectivity index (χ0) is 15.8. The van der Waals surface area contributed by atoms with E-state index in [0.717, 1.165) is 11.0 Å². The van der Waals surface area contributed by atoms with E-state index in [1.54, 1.807) is 11.3 Å². The SMILES string of the molecule is C[C@H](Sc1nnc(C2CC2)n1C1CC1)C(=O)NCc1cccs1. The van der Waals surface area contributed by atoms with Crippen LogP contribution in [0.2, 0.25) is 0 Å². The Kier molecular flexibility index (Phi) is 4.15. The van der Waals surface area contributed by atoms with Crippen LogP contribution in [0.15, 0.2) is 22.7 Å². The molecule has 122 valence electrons. The lowest BCUT2D eigenvalue weighted by atomic mass is 10.4. The number of hydrogen-bond acceptors (Lipinski definition) is 5. The fraction of sp³-hybridized carbons (Fsp3) is 0.562. The van der Waals surface area contributed by atoms with E-state index in [4.69, 9.17) is 0 Å².